The van der Waals surface area contributed by atoms with Crippen LogP contribution in [0, 0.1) is 17.3 Å². The molecule has 3 aliphatic rings. The Morgan fingerprint density at radius 1 is 1.07 bits per heavy atom. The van der Waals surface area contributed by atoms with Crippen LogP contribution in [0.1, 0.15) is 20.8 Å². The van der Waals surface area contributed by atoms with Crippen molar-refractivity contribution in [2.24, 2.45) is 22.4 Å². The van der Waals surface area contributed by atoms with Crippen molar-refractivity contribution in [1.82, 2.24) is 5.01 Å². The SMILES string of the molecule is COc1ccc(N2C(=O)[C@@H]3[C@H](C2=O)[C@@H](C(=O)C(C)(C)C)N2N=CC=C[C@@H]32)cc1. The number of amides is 2. The highest BCUT2D eigenvalue weighted by Gasteiger charge is 2.64. The molecule has 28 heavy (non-hydrogen) atoms. The van der Waals surface area contributed by atoms with Gasteiger partial charge in [0.05, 0.1) is 30.7 Å². The Balaban J connectivity index is 1.76. The van der Waals surface area contributed by atoms with E-state index in [9.17, 15) is 14.4 Å². The van der Waals surface area contributed by atoms with Crippen LogP contribution in [0.2, 0.25) is 0 Å². The summed E-state index contributed by atoms with van der Waals surface area (Å²) in [5, 5.41) is 5.98. The van der Waals surface area contributed by atoms with Crippen LogP contribution in [0.3, 0.4) is 0 Å². The Morgan fingerprint density at radius 2 is 1.71 bits per heavy atom. The Morgan fingerprint density at radius 3 is 2.32 bits per heavy atom. The number of anilines is 1. The standard InChI is InChI=1S/C21H23N3O4/c1-21(2,3)18(25)17-16-15(14-6-5-11-22-24(14)17)19(26)23(20(16)27)12-7-9-13(28-4)10-8-12/h5-11,14-17H,1-4H3/t14-,15-,16-,17-/m0/s1. The number of hydrogen-bond acceptors (Lipinski definition) is 6. The number of methoxy groups -OCH3 is 1. The molecule has 7 nitrogen and oxygen atoms in total. The van der Waals surface area contributed by atoms with E-state index in [-0.39, 0.29) is 17.6 Å². The van der Waals surface area contributed by atoms with Crippen LogP contribution < -0.4 is 9.64 Å². The van der Waals surface area contributed by atoms with Gasteiger partial charge >= 0.3 is 0 Å². The summed E-state index contributed by atoms with van der Waals surface area (Å²) < 4.78 is 5.15. The van der Waals surface area contributed by atoms with Gasteiger partial charge in [-0.15, -0.1) is 0 Å². The van der Waals surface area contributed by atoms with Gasteiger partial charge in [-0.2, -0.15) is 5.10 Å². The van der Waals surface area contributed by atoms with Crippen molar-refractivity contribution in [2.45, 2.75) is 32.9 Å². The minimum atomic E-state index is -0.754. The summed E-state index contributed by atoms with van der Waals surface area (Å²) in [5.74, 6) is -1.46. The predicted octanol–water partition coefficient (Wildman–Crippen LogP) is 2.02. The van der Waals surface area contributed by atoms with E-state index in [4.69, 9.17) is 4.74 Å². The molecule has 0 spiro atoms. The first-order valence-corrected chi connectivity index (χ1v) is 9.31. The Bertz CT molecular complexity index is 897. The molecule has 4 rings (SSSR count). The van der Waals surface area contributed by atoms with Crippen molar-refractivity contribution in [3.63, 3.8) is 0 Å². The topological polar surface area (TPSA) is 79.3 Å². The zero-order valence-corrected chi connectivity index (χ0v) is 16.3. The second-order valence-electron chi connectivity index (χ2n) is 8.34. The lowest BCUT2D eigenvalue weighted by Gasteiger charge is -2.33. The maximum absolute atomic E-state index is 13.4. The number of fused-ring (bicyclic) bond motifs is 3. The lowest BCUT2D eigenvalue weighted by atomic mass is 9.80. The van der Waals surface area contributed by atoms with Crippen LogP contribution in [0.15, 0.2) is 41.5 Å². The van der Waals surface area contributed by atoms with Gasteiger partial charge in [-0.1, -0.05) is 26.8 Å². The van der Waals surface area contributed by atoms with Crippen molar-refractivity contribution in [3.8, 4) is 5.75 Å². The van der Waals surface area contributed by atoms with Crippen molar-refractivity contribution in [3.05, 3.63) is 36.4 Å². The highest BCUT2D eigenvalue weighted by atomic mass is 16.5. The number of hydrazone groups is 1. The number of rotatable bonds is 3. The third-order valence-corrected chi connectivity index (χ3v) is 5.63. The number of allylic oxidation sites excluding steroid dienone is 1. The summed E-state index contributed by atoms with van der Waals surface area (Å²) in [5.41, 5.74) is -0.167. The molecule has 2 saturated heterocycles. The van der Waals surface area contributed by atoms with E-state index >= 15 is 0 Å². The maximum atomic E-state index is 13.4. The molecule has 0 aromatic heterocycles. The molecule has 0 N–H and O–H groups in total. The molecule has 2 fully saturated rings. The van der Waals surface area contributed by atoms with Crippen LogP contribution >= 0.6 is 0 Å². The number of nitrogens with zero attached hydrogens (tertiary/aromatic N) is 3. The summed E-state index contributed by atoms with van der Waals surface area (Å²) in [7, 11) is 1.55. The molecular formula is C21H23N3O4. The molecule has 0 radical (unpaired) electrons. The van der Waals surface area contributed by atoms with Crippen LogP contribution in [-0.2, 0) is 14.4 Å². The van der Waals surface area contributed by atoms with Crippen LogP contribution in [0.5, 0.6) is 5.75 Å². The number of imide groups is 1. The van der Waals surface area contributed by atoms with Gasteiger partial charge in [-0.25, -0.2) is 4.90 Å². The summed E-state index contributed by atoms with van der Waals surface area (Å²) in [6.07, 6.45) is 5.20. The smallest absolute Gasteiger partial charge is 0.240 e. The average molecular weight is 381 g/mol. The van der Waals surface area contributed by atoms with Crippen LogP contribution in [0.25, 0.3) is 0 Å². The monoisotopic (exact) mass is 381 g/mol. The zero-order chi connectivity index (χ0) is 20.2. The van der Waals surface area contributed by atoms with Gasteiger partial charge in [0, 0.05) is 11.6 Å². The van der Waals surface area contributed by atoms with Gasteiger partial charge < -0.3 is 4.74 Å². The van der Waals surface area contributed by atoms with Crippen molar-refractivity contribution in [1.29, 1.82) is 0 Å². The molecule has 1 aromatic rings. The van der Waals surface area contributed by atoms with Gasteiger partial charge in [0.25, 0.3) is 0 Å². The fourth-order valence-corrected chi connectivity index (χ4v) is 4.27. The van der Waals surface area contributed by atoms with E-state index in [1.165, 1.54) is 4.90 Å². The van der Waals surface area contributed by atoms with Crippen LogP contribution in [0.4, 0.5) is 5.69 Å². The molecule has 7 heteroatoms. The van der Waals surface area contributed by atoms with Crippen molar-refractivity contribution in [2.75, 3.05) is 12.0 Å². The minimum absolute atomic E-state index is 0.0878. The average Bonchev–Trinajstić information content (AvgIpc) is 3.14. The molecule has 0 aliphatic carbocycles. The number of carbonyl (C=O) groups excluding carboxylic acids is 3. The highest BCUT2D eigenvalue weighted by Crippen LogP contribution is 2.47. The van der Waals surface area contributed by atoms with E-state index in [0.717, 1.165) is 0 Å². The molecule has 0 bridgehead atoms. The largest absolute Gasteiger partial charge is 0.497 e. The number of Topliss-reactive ketones (excluding diaryl/α,β-unsaturated/α-hetero) is 1. The van der Waals surface area contributed by atoms with Crippen molar-refractivity contribution < 1.29 is 19.1 Å². The highest BCUT2D eigenvalue weighted by molar-refractivity contribution is 6.24. The fraction of sp³-hybridized carbons (Fsp3) is 0.429. The Kier molecular flexibility index (Phi) is 4.14. The summed E-state index contributed by atoms with van der Waals surface area (Å²) in [6, 6.07) is 5.63. The van der Waals surface area contributed by atoms with E-state index in [2.05, 4.69) is 5.10 Å². The number of hydrogen-bond donors (Lipinski definition) is 0. The lowest BCUT2D eigenvalue weighted by molar-refractivity contribution is -0.136. The molecule has 2 amide bonds. The number of ketones is 1. The van der Waals surface area contributed by atoms with Gasteiger partial charge in [-0.3, -0.25) is 19.4 Å². The first kappa shape index (κ1) is 18.4. The predicted molar refractivity (Wildman–Crippen MR) is 104 cm³/mol. The van der Waals surface area contributed by atoms with Crippen molar-refractivity contribution >= 4 is 29.5 Å². The molecule has 3 heterocycles. The summed E-state index contributed by atoms with van der Waals surface area (Å²) in [4.78, 5) is 41.0. The fourth-order valence-electron chi connectivity index (χ4n) is 4.27. The Labute approximate surface area is 163 Å². The molecule has 3 aliphatic heterocycles. The molecular weight excluding hydrogens is 358 g/mol. The van der Waals surface area contributed by atoms with E-state index in [0.29, 0.717) is 11.4 Å². The summed E-state index contributed by atoms with van der Waals surface area (Å²) in [6.45, 7) is 5.47. The lowest BCUT2D eigenvalue weighted by Crippen LogP contribution is -2.49. The second-order valence-corrected chi connectivity index (χ2v) is 8.34. The number of carbonyl (C=O) groups is 3. The van der Waals surface area contributed by atoms with Gasteiger partial charge in [0.15, 0.2) is 5.78 Å². The zero-order valence-electron chi connectivity index (χ0n) is 16.3. The first-order chi connectivity index (χ1) is 13.3. The maximum Gasteiger partial charge on any atom is 0.240 e. The normalized spacial score (nSPS) is 28.6. The third kappa shape index (κ3) is 2.57. The molecule has 0 unspecified atom stereocenters. The third-order valence-electron chi connectivity index (χ3n) is 5.63. The number of benzene rings is 1. The van der Waals surface area contributed by atoms with Gasteiger partial charge in [0.1, 0.15) is 11.8 Å². The van der Waals surface area contributed by atoms with Gasteiger partial charge in [0.2, 0.25) is 11.8 Å². The van der Waals surface area contributed by atoms with Crippen LogP contribution in [-0.4, -0.2) is 48.0 Å². The van der Waals surface area contributed by atoms with Gasteiger partial charge in [-0.05, 0) is 30.3 Å². The van der Waals surface area contributed by atoms with E-state index in [1.54, 1.807) is 48.7 Å². The Hall–Kier alpha value is -2.96. The second kappa shape index (κ2) is 6.29. The molecule has 0 saturated carbocycles. The summed E-state index contributed by atoms with van der Waals surface area (Å²) >= 11 is 0. The first-order valence-electron chi connectivity index (χ1n) is 9.31. The minimum Gasteiger partial charge on any atom is -0.497 e. The number of ether oxygens (including phenoxy) is 1. The molecule has 146 valence electrons. The molecule has 1 aromatic carbocycles. The van der Waals surface area contributed by atoms with E-state index < -0.39 is 29.3 Å². The van der Waals surface area contributed by atoms with E-state index in [1.807, 2.05) is 26.8 Å². The quantitative estimate of drug-likeness (QED) is 0.749. The molecule has 4 atom stereocenters.